The predicted octanol–water partition coefficient (Wildman–Crippen LogP) is 0.520. The molecule has 1 rings (SSSR count). The van der Waals surface area contributed by atoms with E-state index in [9.17, 15) is 14.7 Å². The van der Waals surface area contributed by atoms with E-state index >= 15 is 0 Å². The molecule has 0 aromatic carbocycles. The predicted molar refractivity (Wildman–Crippen MR) is 68.9 cm³/mol. The van der Waals surface area contributed by atoms with Crippen LogP contribution in [0.1, 0.15) is 40.5 Å². The lowest BCUT2D eigenvalue weighted by atomic mass is 9.93. The first-order valence-electron chi connectivity index (χ1n) is 6.49. The molecule has 5 nitrogen and oxygen atoms in total. The highest BCUT2D eigenvalue weighted by Gasteiger charge is 2.32. The number of nitrogens with one attached hydrogen (secondary N) is 1. The number of rotatable bonds is 3. The Morgan fingerprint density at radius 2 is 2.06 bits per heavy atom. The number of aliphatic hydroxyl groups excluding tert-OH is 1. The standard InChI is InChI=1S/C13H24N2O3/c1-9(16)13(3,4)14-12(18)11-6-5-7-15(8-11)10(2)17/h9,11,16H,5-8H2,1-4H3,(H,14,18). The van der Waals surface area contributed by atoms with Crippen LogP contribution in [0.3, 0.4) is 0 Å². The number of carbonyl (C=O) groups excluding carboxylic acids is 2. The van der Waals surface area contributed by atoms with Crippen LogP contribution in [-0.2, 0) is 9.59 Å². The second-order valence-electron chi connectivity index (χ2n) is 5.69. The largest absolute Gasteiger partial charge is 0.391 e. The van der Waals surface area contributed by atoms with Crippen molar-refractivity contribution in [1.29, 1.82) is 0 Å². The van der Waals surface area contributed by atoms with Crippen molar-refractivity contribution in [2.45, 2.75) is 52.2 Å². The van der Waals surface area contributed by atoms with Crippen molar-refractivity contribution in [3.8, 4) is 0 Å². The number of amides is 2. The zero-order chi connectivity index (χ0) is 13.9. The number of aliphatic hydroxyl groups is 1. The molecule has 0 spiro atoms. The molecule has 0 aliphatic carbocycles. The SMILES string of the molecule is CC(=O)N1CCCC(C(=O)NC(C)(C)C(C)O)C1. The molecule has 1 saturated heterocycles. The molecule has 1 aliphatic rings. The van der Waals surface area contributed by atoms with Crippen molar-refractivity contribution in [3.63, 3.8) is 0 Å². The highest BCUT2D eigenvalue weighted by molar-refractivity contribution is 5.81. The molecule has 0 aromatic heterocycles. The van der Waals surface area contributed by atoms with E-state index < -0.39 is 11.6 Å². The summed E-state index contributed by atoms with van der Waals surface area (Å²) < 4.78 is 0. The molecule has 2 N–H and O–H groups in total. The lowest BCUT2D eigenvalue weighted by molar-refractivity contribution is -0.135. The monoisotopic (exact) mass is 256 g/mol. The van der Waals surface area contributed by atoms with E-state index in [-0.39, 0.29) is 17.7 Å². The summed E-state index contributed by atoms with van der Waals surface area (Å²) >= 11 is 0. The Morgan fingerprint density at radius 3 is 2.56 bits per heavy atom. The Morgan fingerprint density at radius 1 is 1.44 bits per heavy atom. The van der Waals surface area contributed by atoms with Crippen molar-refractivity contribution in [2.24, 2.45) is 5.92 Å². The highest BCUT2D eigenvalue weighted by Crippen LogP contribution is 2.18. The topological polar surface area (TPSA) is 69.6 Å². The van der Waals surface area contributed by atoms with Crippen molar-refractivity contribution < 1.29 is 14.7 Å². The molecule has 18 heavy (non-hydrogen) atoms. The van der Waals surface area contributed by atoms with Crippen LogP contribution in [0.2, 0.25) is 0 Å². The van der Waals surface area contributed by atoms with Gasteiger partial charge in [0.15, 0.2) is 0 Å². The summed E-state index contributed by atoms with van der Waals surface area (Å²) in [6.45, 7) is 7.99. The second-order valence-corrected chi connectivity index (χ2v) is 5.69. The molecule has 104 valence electrons. The van der Waals surface area contributed by atoms with Gasteiger partial charge in [-0.1, -0.05) is 0 Å². The summed E-state index contributed by atoms with van der Waals surface area (Å²) in [5.74, 6) is -0.227. The molecule has 0 radical (unpaired) electrons. The minimum absolute atomic E-state index is 0.0160. The minimum Gasteiger partial charge on any atom is -0.391 e. The van der Waals surface area contributed by atoms with Gasteiger partial charge in [0.25, 0.3) is 0 Å². The Balaban J connectivity index is 2.59. The summed E-state index contributed by atoms with van der Waals surface area (Å²) in [6.07, 6.45) is 1.03. The van der Waals surface area contributed by atoms with Crippen LogP contribution in [0.4, 0.5) is 0 Å². The Kier molecular flexibility index (Phi) is 4.73. The number of hydrogen-bond donors (Lipinski definition) is 2. The van der Waals surface area contributed by atoms with Crippen LogP contribution in [0.5, 0.6) is 0 Å². The van der Waals surface area contributed by atoms with Crippen molar-refractivity contribution in [3.05, 3.63) is 0 Å². The number of carbonyl (C=O) groups is 2. The molecule has 1 aliphatic heterocycles. The third kappa shape index (κ3) is 3.70. The van der Waals surface area contributed by atoms with Crippen molar-refractivity contribution in [2.75, 3.05) is 13.1 Å². The van der Waals surface area contributed by atoms with E-state index in [1.54, 1.807) is 25.7 Å². The van der Waals surface area contributed by atoms with E-state index in [4.69, 9.17) is 0 Å². The first-order chi connectivity index (χ1) is 8.24. The van der Waals surface area contributed by atoms with Gasteiger partial charge in [-0.25, -0.2) is 0 Å². The quantitative estimate of drug-likeness (QED) is 0.773. The third-order valence-corrected chi connectivity index (χ3v) is 3.73. The summed E-state index contributed by atoms with van der Waals surface area (Å²) in [4.78, 5) is 25.2. The second kappa shape index (κ2) is 5.69. The number of nitrogens with zero attached hydrogens (tertiary/aromatic N) is 1. The minimum atomic E-state index is -0.643. The summed E-state index contributed by atoms with van der Waals surface area (Å²) in [5.41, 5.74) is -0.643. The summed E-state index contributed by atoms with van der Waals surface area (Å²) in [7, 11) is 0. The fourth-order valence-electron chi connectivity index (χ4n) is 2.00. The lowest BCUT2D eigenvalue weighted by Gasteiger charge is -2.35. The summed E-state index contributed by atoms with van der Waals surface area (Å²) in [5, 5.41) is 12.4. The van der Waals surface area contributed by atoms with Crippen LogP contribution < -0.4 is 5.32 Å². The molecule has 0 aromatic rings. The van der Waals surface area contributed by atoms with Gasteiger partial charge in [-0.3, -0.25) is 9.59 Å². The van der Waals surface area contributed by atoms with E-state index in [0.29, 0.717) is 6.54 Å². The molecule has 0 saturated carbocycles. The zero-order valence-corrected chi connectivity index (χ0v) is 11.7. The maximum Gasteiger partial charge on any atom is 0.225 e. The smallest absolute Gasteiger partial charge is 0.225 e. The average Bonchev–Trinajstić information content (AvgIpc) is 2.28. The van der Waals surface area contributed by atoms with Crippen molar-refractivity contribution in [1.82, 2.24) is 10.2 Å². The average molecular weight is 256 g/mol. The van der Waals surface area contributed by atoms with Gasteiger partial charge in [-0.15, -0.1) is 0 Å². The normalized spacial score (nSPS) is 22.5. The van der Waals surface area contributed by atoms with Crippen LogP contribution in [0.15, 0.2) is 0 Å². The first-order valence-corrected chi connectivity index (χ1v) is 6.49. The lowest BCUT2D eigenvalue weighted by Crippen LogP contribution is -2.55. The van der Waals surface area contributed by atoms with Crippen LogP contribution >= 0.6 is 0 Å². The van der Waals surface area contributed by atoms with Gasteiger partial charge in [-0.05, 0) is 33.6 Å². The molecule has 1 fully saturated rings. The van der Waals surface area contributed by atoms with Gasteiger partial charge in [0.2, 0.25) is 11.8 Å². The molecule has 0 bridgehead atoms. The van der Waals surface area contributed by atoms with Crippen LogP contribution in [0.25, 0.3) is 0 Å². The molecule has 1 heterocycles. The van der Waals surface area contributed by atoms with E-state index in [1.807, 2.05) is 0 Å². The Hall–Kier alpha value is -1.10. The van der Waals surface area contributed by atoms with Gasteiger partial charge >= 0.3 is 0 Å². The third-order valence-electron chi connectivity index (χ3n) is 3.73. The van der Waals surface area contributed by atoms with Gasteiger partial charge in [0.05, 0.1) is 17.6 Å². The molecule has 2 atom stereocenters. The van der Waals surface area contributed by atoms with Gasteiger partial charge < -0.3 is 15.3 Å². The molecular formula is C13H24N2O3. The fraction of sp³-hybridized carbons (Fsp3) is 0.846. The molecular weight excluding hydrogens is 232 g/mol. The van der Waals surface area contributed by atoms with E-state index in [0.717, 1.165) is 19.4 Å². The number of hydrogen-bond acceptors (Lipinski definition) is 3. The van der Waals surface area contributed by atoms with Crippen LogP contribution in [-0.4, -0.2) is 46.6 Å². The van der Waals surface area contributed by atoms with Gasteiger partial charge in [0, 0.05) is 20.0 Å². The van der Waals surface area contributed by atoms with Gasteiger partial charge in [-0.2, -0.15) is 0 Å². The summed E-state index contributed by atoms with van der Waals surface area (Å²) in [6, 6.07) is 0. The number of piperidine rings is 1. The van der Waals surface area contributed by atoms with Crippen LogP contribution in [0, 0.1) is 5.92 Å². The van der Waals surface area contributed by atoms with Crippen molar-refractivity contribution >= 4 is 11.8 Å². The Bertz CT molecular complexity index is 326. The zero-order valence-electron chi connectivity index (χ0n) is 11.7. The van der Waals surface area contributed by atoms with E-state index in [1.165, 1.54) is 6.92 Å². The molecule has 2 unspecified atom stereocenters. The maximum absolute atomic E-state index is 12.1. The first kappa shape index (κ1) is 15.0. The highest BCUT2D eigenvalue weighted by atomic mass is 16.3. The molecule has 2 amide bonds. The number of likely N-dealkylation sites (tertiary alicyclic amines) is 1. The fourth-order valence-corrected chi connectivity index (χ4v) is 2.00. The Labute approximate surface area is 109 Å². The maximum atomic E-state index is 12.1. The van der Waals surface area contributed by atoms with E-state index in [2.05, 4.69) is 5.32 Å². The molecule has 5 heteroatoms. The van der Waals surface area contributed by atoms with Gasteiger partial charge in [0.1, 0.15) is 0 Å².